The molecule has 0 unspecified atom stereocenters. The summed E-state index contributed by atoms with van der Waals surface area (Å²) in [7, 11) is 0. The third-order valence-corrected chi connectivity index (χ3v) is 1.93. The van der Waals surface area contributed by atoms with Crippen LogP contribution < -0.4 is 5.48 Å². The van der Waals surface area contributed by atoms with Crippen molar-refractivity contribution in [3.8, 4) is 0 Å². The van der Waals surface area contributed by atoms with Crippen LogP contribution >= 0.6 is 12.9 Å². The fraction of sp³-hybridized carbons (Fsp3) is 1.00. The highest BCUT2D eigenvalue weighted by atomic mass is 32.1. The molecule has 0 atom stereocenters. The summed E-state index contributed by atoms with van der Waals surface area (Å²) in [6.45, 7) is 0. The molecule has 1 aliphatic carbocycles. The van der Waals surface area contributed by atoms with Crippen LogP contribution in [0.25, 0.3) is 0 Å². The largest absolute Gasteiger partial charge is 0.166 e. The van der Waals surface area contributed by atoms with E-state index < -0.39 is 0 Å². The Labute approximate surface area is 66.6 Å². The van der Waals surface area contributed by atoms with Gasteiger partial charge in [0.1, 0.15) is 0 Å². The van der Waals surface area contributed by atoms with Crippen LogP contribution in [0.2, 0.25) is 0 Å². The van der Waals surface area contributed by atoms with E-state index in [1.54, 1.807) is 0 Å². The van der Waals surface area contributed by atoms with Crippen molar-refractivity contribution in [1.29, 1.82) is 0 Å². The van der Waals surface area contributed by atoms with E-state index in [4.69, 9.17) is 0 Å². The fourth-order valence-corrected chi connectivity index (χ4v) is 1.35. The molecule has 0 amide bonds. The molecule has 3 nitrogen and oxygen atoms in total. The number of hydrogen-bond acceptors (Lipinski definition) is 4. The zero-order valence-electron chi connectivity index (χ0n) is 5.88. The molecule has 1 saturated carbocycles. The van der Waals surface area contributed by atoms with Crippen LogP contribution in [0, 0.1) is 0 Å². The maximum atomic E-state index is 4.49. The van der Waals surface area contributed by atoms with Gasteiger partial charge in [0, 0.05) is 19.0 Å². The van der Waals surface area contributed by atoms with Gasteiger partial charge in [-0.2, -0.15) is 5.48 Å². The lowest BCUT2D eigenvalue weighted by Gasteiger charge is -2.20. The fourth-order valence-electron chi connectivity index (χ4n) is 1.31. The minimum atomic E-state index is 0.459. The molecule has 0 spiro atoms. The first-order chi connectivity index (χ1) is 4.93. The van der Waals surface area contributed by atoms with E-state index in [9.17, 15) is 0 Å². The zero-order valence-corrected chi connectivity index (χ0v) is 6.77. The Morgan fingerprint density at radius 1 is 1.20 bits per heavy atom. The van der Waals surface area contributed by atoms with Gasteiger partial charge in [-0.05, 0) is 12.8 Å². The molecule has 60 valence electrons. The minimum Gasteiger partial charge on any atom is -0.166 e. The molecule has 0 saturated heterocycles. The minimum absolute atomic E-state index is 0.459. The summed E-state index contributed by atoms with van der Waals surface area (Å²) in [6, 6.07) is 0.459. The molecule has 0 aromatic heterocycles. The molecule has 1 rings (SSSR count). The lowest BCUT2D eigenvalue weighted by molar-refractivity contribution is -0.253. The molecule has 0 aliphatic heterocycles. The molecule has 0 aromatic carbocycles. The highest BCUT2D eigenvalue weighted by Gasteiger charge is 2.12. The van der Waals surface area contributed by atoms with E-state index in [0.717, 1.165) is 0 Å². The van der Waals surface area contributed by atoms with Gasteiger partial charge in [-0.15, -0.1) is 9.32 Å². The predicted octanol–water partition coefficient (Wildman–Crippen LogP) is 1.62. The van der Waals surface area contributed by atoms with Gasteiger partial charge in [-0.3, -0.25) is 0 Å². The first kappa shape index (κ1) is 8.33. The Balaban J connectivity index is 2.02. The van der Waals surface area contributed by atoms with Gasteiger partial charge in [-0.25, -0.2) is 0 Å². The molecular weight excluding hydrogens is 150 g/mol. The normalized spacial score (nSPS) is 21.3. The summed E-state index contributed by atoms with van der Waals surface area (Å²) in [5.41, 5.74) is 2.77. The molecule has 4 heteroatoms. The van der Waals surface area contributed by atoms with Crippen molar-refractivity contribution in [3.05, 3.63) is 0 Å². The van der Waals surface area contributed by atoms with Gasteiger partial charge in [0.05, 0.1) is 0 Å². The summed E-state index contributed by atoms with van der Waals surface area (Å²) in [5.74, 6) is 0. The Kier molecular flexibility index (Phi) is 4.13. The topological polar surface area (TPSA) is 30.5 Å². The second-order valence-electron chi connectivity index (χ2n) is 2.61. The molecule has 1 fully saturated rings. The van der Waals surface area contributed by atoms with Crippen LogP contribution in [0.4, 0.5) is 0 Å². The third kappa shape index (κ3) is 2.88. The van der Waals surface area contributed by atoms with Gasteiger partial charge in [0.25, 0.3) is 0 Å². The van der Waals surface area contributed by atoms with Crippen LogP contribution in [0.15, 0.2) is 0 Å². The van der Waals surface area contributed by atoms with E-state index in [1.165, 1.54) is 32.1 Å². The lowest BCUT2D eigenvalue weighted by Crippen LogP contribution is -2.30. The Hall–Kier alpha value is 0.230. The highest BCUT2D eigenvalue weighted by molar-refractivity contribution is 7.74. The van der Waals surface area contributed by atoms with Crippen LogP contribution in [-0.4, -0.2) is 6.04 Å². The average Bonchev–Trinajstić information content (AvgIpc) is 2.03. The second-order valence-corrected chi connectivity index (χ2v) is 2.76. The highest BCUT2D eigenvalue weighted by Crippen LogP contribution is 2.17. The Morgan fingerprint density at radius 3 is 2.50 bits per heavy atom. The number of rotatable bonds is 3. The summed E-state index contributed by atoms with van der Waals surface area (Å²) < 4.78 is 4.13. The van der Waals surface area contributed by atoms with E-state index >= 15 is 0 Å². The maximum Gasteiger partial charge on any atom is 0.0352 e. The Morgan fingerprint density at radius 2 is 1.90 bits per heavy atom. The number of nitrogens with one attached hydrogen (secondary N) is 1. The Bertz CT molecular complexity index is 85.8. The van der Waals surface area contributed by atoms with Crippen molar-refractivity contribution in [2.75, 3.05) is 0 Å². The molecule has 0 bridgehead atoms. The summed E-state index contributed by atoms with van der Waals surface area (Å²) in [4.78, 5) is 4.49. The van der Waals surface area contributed by atoms with E-state index in [0.29, 0.717) is 6.04 Å². The van der Waals surface area contributed by atoms with Crippen molar-refractivity contribution >= 4 is 12.9 Å². The van der Waals surface area contributed by atoms with Crippen molar-refractivity contribution in [2.24, 2.45) is 0 Å². The number of hydroxylamine groups is 1. The molecule has 0 heterocycles. The maximum absolute atomic E-state index is 4.49. The molecule has 10 heavy (non-hydrogen) atoms. The standard InChI is InChI=1S/C6H13NO2S/c10-9-8-7-6-4-2-1-3-5-6/h6-7,10H,1-5H2. The van der Waals surface area contributed by atoms with Crippen molar-refractivity contribution < 1.29 is 9.32 Å². The van der Waals surface area contributed by atoms with Crippen molar-refractivity contribution in [2.45, 2.75) is 38.1 Å². The predicted molar refractivity (Wildman–Crippen MR) is 41.2 cm³/mol. The molecule has 0 aromatic rings. The molecule has 0 radical (unpaired) electrons. The van der Waals surface area contributed by atoms with E-state index in [2.05, 4.69) is 27.7 Å². The van der Waals surface area contributed by atoms with E-state index in [-0.39, 0.29) is 0 Å². The van der Waals surface area contributed by atoms with Crippen LogP contribution in [-0.2, 0) is 9.32 Å². The zero-order chi connectivity index (χ0) is 7.23. The first-order valence-electron chi connectivity index (χ1n) is 3.66. The second kappa shape index (κ2) is 4.96. The summed E-state index contributed by atoms with van der Waals surface area (Å²) in [5, 5.41) is 0. The van der Waals surface area contributed by atoms with Gasteiger partial charge >= 0.3 is 0 Å². The lowest BCUT2D eigenvalue weighted by atomic mass is 9.96. The van der Waals surface area contributed by atoms with Crippen molar-refractivity contribution in [1.82, 2.24) is 5.48 Å². The quantitative estimate of drug-likeness (QED) is 0.287. The van der Waals surface area contributed by atoms with Gasteiger partial charge in [0.15, 0.2) is 0 Å². The first-order valence-corrected chi connectivity index (χ1v) is 4.02. The SMILES string of the molecule is SOONC1CCCCC1. The van der Waals surface area contributed by atoms with Crippen LogP contribution in [0.5, 0.6) is 0 Å². The molecule has 1 aliphatic rings. The van der Waals surface area contributed by atoms with Gasteiger partial charge in [-0.1, -0.05) is 19.3 Å². The number of thiol groups is 1. The van der Waals surface area contributed by atoms with Gasteiger partial charge < -0.3 is 0 Å². The smallest absolute Gasteiger partial charge is 0.0352 e. The summed E-state index contributed by atoms with van der Waals surface area (Å²) >= 11 is 3.44. The van der Waals surface area contributed by atoms with E-state index in [1.807, 2.05) is 0 Å². The number of hydrogen-bond donors (Lipinski definition) is 2. The monoisotopic (exact) mass is 163 g/mol. The van der Waals surface area contributed by atoms with Gasteiger partial charge in [0.2, 0.25) is 0 Å². The molecular formula is C6H13NO2S. The summed E-state index contributed by atoms with van der Waals surface area (Å²) in [6.07, 6.45) is 6.27. The average molecular weight is 163 g/mol. The third-order valence-electron chi connectivity index (χ3n) is 1.86. The van der Waals surface area contributed by atoms with Crippen molar-refractivity contribution in [3.63, 3.8) is 0 Å². The molecule has 1 N–H and O–H groups in total. The van der Waals surface area contributed by atoms with Crippen LogP contribution in [0.1, 0.15) is 32.1 Å². The van der Waals surface area contributed by atoms with Crippen LogP contribution in [0.3, 0.4) is 0 Å².